The van der Waals surface area contributed by atoms with Crippen LogP contribution in [0, 0.1) is 12.8 Å². The average Bonchev–Trinajstić information content (AvgIpc) is 3.35. The molecule has 4 atom stereocenters. The number of ether oxygens (including phenoxy) is 1. The van der Waals surface area contributed by atoms with E-state index in [0.29, 0.717) is 17.8 Å². The van der Waals surface area contributed by atoms with Crippen LogP contribution in [0.4, 0.5) is 0 Å². The SMILES string of the molecule is Cc1noc([C@@H]2CC[C@H](CNC3CCCC3Cc3ccccc3)O2)n1. The van der Waals surface area contributed by atoms with Gasteiger partial charge < -0.3 is 14.6 Å². The summed E-state index contributed by atoms with van der Waals surface area (Å²) in [7, 11) is 0. The van der Waals surface area contributed by atoms with Crippen LogP contribution in [0.5, 0.6) is 0 Å². The smallest absolute Gasteiger partial charge is 0.255 e. The van der Waals surface area contributed by atoms with Gasteiger partial charge in [0, 0.05) is 12.6 Å². The van der Waals surface area contributed by atoms with E-state index in [-0.39, 0.29) is 12.2 Å². The summed E-state index contributed by atoms with van der Waals surface area (Å²) in [4.78, 5) is 4.30. The summed E-state index contributed by atoms with van der Waals surface area (Å²) >= 11 is 0. The van der Waals surface area contributed by atoms with Crippen LogP contribution in [-0.2, 0) is 11.2 Å². The molecule has 134 valence electrons. The zero-order valence-electron chi connectivity index (χ0n) is 14.9. The zero-order chi connectivity index (χ0) is 17.1. The van der Waals surface area contributed by atoms with Crippen LogP contribution in [0.3, 0.4) is 0 Å². The van der Waals surface area contributed by atoms with Gasteiger partial charge in [0.25, 0.3) is 5.89 Å². The molecule has 5 heteroatoms. The largest absolute Gasteiger partial charge is 0.364 e. The van der Waals surface area contributed by atoms with Crippen LogP contribution < -0.4 is 5.32 Å². The first-order valence-corrected chi connectivity index (χ1v) is 9.51. The third-order valence-corrected chi connectivity index (χ3v) is 5.53. The van der Waals surface area contributed by atoms with Crippen molar-refractivity contribution in [1.82, 2.24) is 15.5 Å². The molecule has 0 radical (unpaired) electrons. The van der Waals surface area contributed by atoms with Crippen molar-refractivity contribution < 1.29 is 9.26 Å². The van der Waals surface area contributed by atoms with Crippen LogP contribution in [-0.4, -0.2) is 28.8 Å². The first kappa shape index (κ1) is 16.7. The number of aryl methyl sites for hydroxylation is 1. The van der Waals surface area contributed by atoms with Crippen molar-refractivity contribution >= 4 is 0 Å². The molecular formula is C20H27N3O2. The highest BCUT2D eigenvalue weighted by Gasteiger charge is 2.32. The zero-order valence-corrected chi connectivity index (χ0v) is 14.9. The molecule has 2 aromatic rings. The molecular weight excluding hydrogens is 314 g/mol. The fourth-order valence-corrected chi connectivity index (χ4v) is 4.23. The second kappa shape index (κ2) is 7.67. The molecule has 1 saturated carbocycles. The molecule has 5 nitrogen and oxygen atoms in total. The predicted octanol–water partition coefficient (Wildman–Crippen LogP) is 3.60. The van der Waals surface area contributed by atoms with E-state index < -0.39 is 0 Å². The van der Waals surface area contributed by atoms with Gasteiger partial charge in [0.1, 0.15) is 6.10 Å². The van der Waals surface area contributed by atoms with Gasteiger partial charge in [-0.05, 0) is 50.5 Å². The number of rotatable bonds is 6. The quantitative estimate of drug-likeness (QED) is 0.870. The molecule has 1 N–H and O–H groups in total. The van der Waals surface area contributed by atoms with E-state index >= 15 is 0 Å². The third kappa shape index (κ3) is 4.10. The Hall–Kier alpha value is -1.72. The highest BCUT2D eigenvalue weighted by atomic mass is 16.5. The molecule has 2 fully saturated rings. The van der Waals surface area contributed by atoms with Crippen LogP contribution >= 0.6 is 0 Å². The number of hydrogen-bond acceptors (Lipinski definition) is 5. The van der Waals surface area contributed by atoms with Crippen molar-refractivity contribution in [3.63, 3.8) is 0 Å². The normalized spacial score (nSPS) is 29.3. The molecule has 1 aromatic carbocycles. The first-order chi connectivity index (χ1) is 12.3. The molecule has 0 amide bonds. The second-order valence-corrected chi connectivity index (χ2v) is 7.40. The molecule has 2 aliphatic rings. The number of nitrogens with zero attached hydrogens (tertiary/aromatic N) is 2. The lowest BCUT2D eigenvalue weighted by Gasteiger charge is -2.23. The number of benzene rings is 1. The van der Waals surface area contributed by atoms with Gasteiger partial charge in [-0.15, -0.1) is 0 Å². The lowest BCUT2D eigenvalue weighted by Crippen LogP contribution is -2.38. The Morgan fingerprint density at radius 1 is 1.12 bits per heavy atom. The van der Waals surface area contributed by atoms with E-state index in [1.165, 1.54) is 31.2 Å². The van der Waals surface area contributed by atoms with Gasteiger partial charge >= 0.3 is 0 Å². The summed E-state index contributed by atoms with van der Waals surface area (Å²) < 4.78 is 11.4. The number of hydrogen-bond donors (Lipinski definition) is 1. The summed E-state index contributed by atoms with van der Waals surface area (Å²) in [5, 5.41) is 7.64. The van der Waals surface area contributed by atoms with Crippen LogP contribution in [0.15, 0.2) is 34.9 Å². The van der Waals surface area contributed by atoms with E-state index in [2.05, 4.69) is 45.8 Å². The third-order valence-electron chi connectivity index (χ3n) is 5.53. The van der Waals surface area contributed by atoms with Crippen molar-refractivity contribution in [2.45, 2.75) is 63.7 Å². The highest BCUT2D eigenvalue weighted by molar-refractivity contribution is 5.16. The first-order valence-electron chi connectivity index (χ1n) is 9.51. The van der Waals surface area contributed by atoms with E-state index in [9.17, 15) is 0 Å². The van der Waals surface area contributed by atoms with Gasteiger partial charge in [-0.1, -0.05) is 41.9 Å². The lowest BCUT2D eigenvalue weighted by atomic mass is 9.94. The topological polar surface area (TPSA) is 60.2 Å². The number of nitrogens with one attached hydrogen (secondary N) is 1. The molecule has 2 unspecified atom stereocenters. The molecule has 1 aliphatic carbocycles. The maximum absolute atomic E-state index is 6.12. The van der Waals surface area contributed by atoms with Crippen molar-refractivity contribution in [2.75, 3.05) is 6.54 Å². The van der Waals surface area contributed by atoms with Crippen LogP contribution in [0.1, 0.15) is 55.5 Å². The molecule has 2 heterocycles. The minimum absolute atomic E-state index is 0.0308. The van der Waals surface area contributed by atoms with Gasteiger partial charge in [-0.25, -0.2) is 0 Å². The molecule has 25 heavy (non-hydrogen) atoms. The Balaban J connectivity index is 1.26. The second-order valence-electron chi connectivity index (χ2n) is 7.40. The summed E-state index contributed by atoms with van der Waals surface area (Å²) in [5.74, 6) is 2.04. The van der Waals surface area contributed by atoms with Gasteiger partial charge in [0.2, 0.25) is 0 Å². The van der Waals surface area contributed by atoms with Crippen molar-refractivity contribution in [3.8, 4) is 0 Å². The number of aromatic nitrogens is 2. The van der Waals surface area contributed by atoms with Crippen molar-refractivity contribution in [1.29, 1.82) is 0 Å². The average molecular weight is 341 g/mol. The monoisotopic (exact) mass is 341 g/mol. The van der Waals surface area contributed by atoms with E-state index in [4.69, 9.17) is 9.26 Å². The maximum Gasteiger partial charge on any atom is 0.255 e. The van der Waals surface area contributed by atoms with Crippen molar-refractivity contribution in [2.24, 2.45) is 5.92 Å². The Labute approximate surface area is 149 Å². The Kier molecular flexibility index (Phi) is 5.13. The molecule has 4 rings (SSSR count). The molecule has 1 saturated heterocycles. The fourth-order valence-electron chi connectivity index (χ4n) is 4.23. The van der Waals surface area contributed by atoms with Crippen LogP contribution in [0.2, 0.25) is 0 Å². The Morgan fingerprint density at radius 2 is 2.00 bits per heavy atom. The van der Waals surface area contributed by atoms with Gasteiger partial charge in [0.15, 0.2) is 5.82 Å². The van der Waals surface area contributed by atoms with E-state index in [1.54, 1.807) is 0 Å². The van der Waals surface area contributed by atoms with E-state index in [0.717, 1.165) is 25.3 Å². The molecule has 1 aliphatic heterocycles. The fraction of sp³-hybridized carbons (Fsp3) is 0.600. The summed E-state index contributed by atoms with van der Waals surface area (Å²) in [6.07, 6.45) is 7.32. The minimum atomic E-state index is -0.0308. The Morgan fingerprint density at radius 3 is 2.80 bits per heavy atom. The van der Waals surface area contributed by atoms with Crippen LogP contribution in [0.25, 0.3) is 0 Å². The van der Waals surface area contributed by atoms with Gasteiger partial charge in [-0.3, -0.25) is 0 Å². The lowest BCUT2D eigenvalue weighted by molar-refractivity contribution is 0.0246. The summed E-state index contributed by atoms with van der Waals surface area (Å²) in [5.41, 5.74) is 1.45. The molecule has 0 bridgehead atoms. The Bertz CT molecular complexity index is 673. The highest BCUT2D eigenvalue weighted by Crippen LogP contribution is 2.33. The summed E-state index contributed by atoms with van der Waals surface area (Å²) in [6, 6.07) is 11.5. The standard InChI is InChI=1S/C20H27N3O2/c1-14-22-20(25-23-14)19-11-10-17(24-19)13-21-18-9-5-8-16(18)12-15-6-3-2-4-7-15/h2-4,6-7,16-19,21H,5,8-13H2,1H3/t16?,17-,18?,19+/m1/s1. The maximum atomic E-state index is 6.12. The molecule has 1 aromatic heterocycles. The summed E-state index contributed by atoms with van der Waals surface area (Å²) in [6.45, 7) is 2.76. The minimum Gasteiger partial charge on any atom is -0.364 e. The van der Waals surface area contributed by atoms with Gasteiger partial charge in [-0.2, -0.15) is 4.98 Å². The van der Waals surface area contributed by atoms with Crippen molar-refractivity contribution in [3.05, 3.63) is 47.6 Å². The molecule has 0 spiro atoms. The predicted molar refractivity (Wildman–Crippen MR) is 95.2 cm³/mol. The van der Waals surface area contributed by atoms with Gasteiger partial charge in [0.05, 0.1) is 6.10 Å². The van der Waals surface area contributed by atoms with E-state index in [1.807, 2.05) is 6.92 Å².